The number of carbonyl (C=O) groups excluding carboxylic acids is 1. The van der Waals surface area contributed by atoms with Crippen molar-refractivity contribution >= 4 is 21.6 Å². The number of carbonyl (C=O) groups is 1. The first-order valence-electron chi connectivity index (χ1n) is 9.25. The molecule has 152 valence electrons. The third kappa shape index (κ3) is 6.65. The third-order valence-electron chi connectivity index (χ3n) is 4.37. The molecule has 0 bridgehead atoms. The van der Waals surface area contributed by atoms with Crippen molar-refractivity contribution in [1.82, 2.24) is 4.72 Å². The predicted octanol–water partition coefficient (Wildman–Crippen LogP) is 3.44. The van der Waals surface area contributed by atoms with Crippen LogP contribution in [-0.2, 0) is 14.8 Å². The summed E-state index contributed by atoms with van der Waals surface area (Å²) >= 11 is 0. The molecule has 2 rings (SSSR count). The third-order valence-corrected chi connectivity index (χ3v) is 6.18. The molecule has 0 fully saturated rings. The molecule has 0 aliphatic rings. The van der Waals surface area contributed by atoms with Crippen LogP contribution in [0.3, 0.4) is 0 Å². The van der Waals surface area contributed by atoms with E-state index in [0.717, 1.165) is 16.8 Å². The lowest BCUT2D eigenvalue weighted by Crippen LogP contribution is -2.33. The van der Waals surface area contributed by atoms with Crippen LogP contribution in [-0.4, -0.2) is 32.7 Å². The van der Waals surface area contributed by atoms with E-state index in [2.05, 4.69) is 10.0 Å². The highest BCUT2D eigenvalue weighted by Crippen LogP contribution is 2.19. The number of ether oxygens (including phenoxy) is 1. The smallest absolute Gasteiger partial charge is 0.262 e. The van der Waals surface area contributed by atoms with E-state index in [1.54, 1.807) is 26.0 Å². The number of amides is 1. The minimum Gasteiger partial charge on any atom is -0.484 e. The molecule has 0 heterocycles. The number of sulfonamides is 1. The maximum Gasteiger partial charge on any atom is 0.262 e. The van der Waals surface area contributed by atoms with Crippen molar-refractivity contribution in [1.29, 1.82) is 0 Å². The van der Waals surface area contributed by atoms with Crippen LogP contribution in [0.2, 0.25) is 0 Å². The normalized spacial score (nSPS) is 12.6. The zero-order chi connectivity index (χ0) is 20.7. The first-order valence-corrected chi connectivity index (χ1v) is 10.8. The maximum atomic E-state index is 12.0. The van der Waals surface area contributed by atoms with Gasteiger partial charge in [0.2, 0.25) is 10.0 Å². The van der Waals surface area contributed by atoms with Crippen molar-refractivity contribution < 1.29 is 17.9 Å². The molecule has 1 unspecified atom stereocenters. The van der Waals surface area contributed by atoms with Crippen LogP contribution >= 0.6 is 0 Å². The van der Waals surface area contributed by atoms with Gasteiger partial charge in [0.15, 0.2) is 6.61 Å². The molecular weight excluding hydrogens is 376 g/mol. The molecule has 0 aliphatic carbocycles. The molecule has 7 heteroatoms. The number of hydrogen-bond acceptors (Lipinski definition) is 4. The molecule has 0 aliphatic heterocycles. The Bertz CT molecular complexity index is 876. The molecule has 2 N–H and O–H groups in total. The van der Waals surface area contributed by atoms with Crippen LogP contribution in [0.25, 0.3) is 0 Å². The summed E-state index contributed by atoms with van der Waals surface area (Å²) in [5.74, 6) is 0.370. The maximum absolute atomic E-state index is 12.0. The van der Waals surface area contributed by atoms with E-state index in [1.165, 1.54) is 0 Å². The largest absolute Gasteiger partial charge is 0.484 e. The van der Waals surface area contributed by atoms with E-state index in [0.29, 0.717) is 12.3 Å². The highest BCUT2D eigenvalue weighted by Gasteiger charge is 2.17. The number of aryl methyl sites for hydroxylation is 1. The minimum atomic E-state index is -3.28. The second-order valence-corrected chi connectivity index (χ2v) is 9.44. The number of rotatable bonds is 9. The van der Waals surface area contributed by atoms with E-state index in [4.69, 9.17) is 4.74 Å². The number of nitrogens with one attached hydrogen (secondary N) is 2. The van der Waals surface area contributed by atoms with Gasteiger partial charge in [-0.2, -0.15) is 0 Å². The Morgan fingerprint density at radius 1 is 1.00 bits per heavy atom. The van der Waals surface area contributed by atoms with Crippen LogP contribution in [0.15, 0.2) is 48.5 Å². The molecule has 0 saturated heterocycles. The Hall–Kier alpha value is -2.38. The van der Waals surface area contributed by atoms with Crippen LogP contribution < -0.4 is 14.8 Å². The van der Waals surface area contributed by atoms with Crippen LogP contribution in [0.1, 0.15) is 37.8 Å². The summed E-state index contributed by atoms with van der Waals surface area (Å²) in [6.45, 7) is 7.48. The van der Waals surface area contributed by atoms with E-state index >= 15 is 0 Å². The van der Waals surface area contributed by atoms with Crippen molar-refractivity contribution in [3.63, 3.8) is 0 Å². The Morgan fingerprint density at radius 3 is 2.18 bits per heavy atom. The van der Waals surface area contributed by atoms with Gasteiger partial charge in [-0.15, -0.1) is 0 Å². The summed E-state index contributed by atoms with van der Waals surface area (Å²) in [5.41, 5.74) is 2.84. The van der Waals surface area contributed by atoms with Gasteiger partial charge in [-0.3, -0.25) is 4.79 Å². The van der Waals surface area contributed by atoms with E-state index in [1.807, 2.05) is 50.2 Å². The molecule has 2 aromatic carbocycles. The lowest BCUT2D eigenvalue weighted by molar-refractivity contribution is -0.118. The van der Waals surface area contributed by atoms with Gasteiger partial charge >= 0.3 is 0 Å². The molecule has 0 aromatic heterocycles. The first-order chi connectivity index (χ1) is 13.2. The van der Waals surface area contributed by atoms with Gasteiger partial charge < -0.3 is 10.1 Å². The van der Waals surface area contributed by atoms with Crippen LogP contribution in [0.4, 0.5) is 5.69 Å². The van der Waals surface area contributed by atoms with Crippen molar-refractivity contribution in [3.8, 4) is 5.75 Å². The van der Waals surface area contributed by atoms with Gasteiger partial charge in [0, 0.05) is 12.2 Å². The van der Waals surface area contributed by atoms with Crippen molar-refractivity contribution in [2.75, 3.05) is 18.5 Å². The minimum absolute atomic E-state index is 0.0208. The van der Waals surface area contributed by atoms with Crippen molar-refractivity contribution in [2.24, 2.45) is 0 Å². The Kier molecular flexibility index (Phi) is 7.60. The highest BCUT2D eigenvalue weighted by atomic mass is 32.2. The highest BCUT2D eigenvalue weighted by molar-refractivity contribution is 7.90. The quantitative estimate of drug-likeness (QED) is 0.670. The van der Waals surface area contributed by atoms with E-state index in [9.17, 15) is 13.2 Å². The molecule has 1 atom stereocenters. The molecule has 0 spiro atoms. The predicted molar refractivity (Wildman–Crippen MR) is 112 cm³/mol. The van der Waals surface area contributed by atoms with Gasteiger partial charge in [0.25, 0.3) is 5.91 Å². The SMILES string of the molecule is Cc1ccc(NC(=O)COc2ccc(C(C)CNS(=O)(=O)C(C)C)cc2)cc1. The monoisotopic (exact) mass is 404 g/mol. The molecule has 2 aromatic rings. The summed E-state index contributed by atoms with van der Waals surface area (Å²) < 4.78 is 31.8. The number of anilines is 1. The Morgan fingerprint density at radius 2 is 1.61 bits per heavy atom. The lowest BCUT2D eigenvalue weighted by atomic mass is 10.0. The standard InChI is InChI=1S/C21H28N2O4S/c1-15(2)28(25,26)22-13-17(4)18-7-11-20(12-8-18)27-14-21(24)23-19-9-5-16(3)6-10-19/h5-12,15,17,22H,13-14H2,1-4H3,(H,23,24). The molecule has 6 nitrogen and oxygen atoms in total. The average molecular weight is 405 g/mol. The summed E-state index contributed by atoms with van der Waals surface area (Å²) in [7, 11) is -3.28. The fourth-order valence-corrected chi connectivity index (χ4v) is 3.22. The van der Waals surface area contributed by atoms with E-state index in [-0.39, 0.29) is 18.4 Å². The fraction of sp³-hybridized carbons (Fsp3) is 0.381. The van der Waals surface area contributed by atoms with Gasteiger partial charge in [-0.25, -0.2) is 13.1 Å². The van der Waals surface area contributed by atoms with Crippen LogP contribution in [0.5, 0.6) is 5.75 Å². The second-order valence-electron chi connectivity index (χ2n) is 7.12. The molecule has 0 saturated carbocycles. The van der Waals surface area contributed by atoms with Crippen molar-refractivity contribution in [3.05, 3.63) is 59.7 Å². The van der Waals surface area contributed by atoms with Gasteiger partial charge in [0.1, 0.15) is 5.75 Å². The molecular formula is C21H28N2O4S. The first kappa shape index (κ1) is 21.9. The number of hydrogen-bond donors (Lipinski definition) is 2. The molecule has 1 amide bonds. The topological polar surface area (TPSA) is 84.5 Å². The molecule has 28 heavy (non-hydrogen) atoms. The number of benzene rings is 2. The average Bonchev–Trinajstić information content (AvgIpc) is 2.66. The lowest BCUT2D eigenvalue weighted by Gasteiger charge is -2.15. The van der Waals surface area contributed by atoms with Gasteiger partial charge in [-0.1, -0.05) is 36.8 Å². The van der Waals surface area contributed by atoms with Crippen LogP contribution in [0, 0.1) is 6.92 Å². The Balaban J connectivity index is 1.83. The summed E-state index contributed by atoms with van der Waals surface area (Å²) in [5, 5.41) is 2.32. The fourth-order valence-electron chi connectivity index (χ4n) is 2.40. The zero-order valence-electron chi connectivity index (χ0n) is 16.7. The molecule has 0 radical (unpaired) electrons. The summed E-state index contributed by atoms with van der Waals surface area (Å²) in [4.78, 5) is 12.0. The summed E-state index contributed by atoms with van der Waals surface area (Å²) in [6, 6.07) is 14.9. The van der Waals surface area contributed by atoms with Gasteiger partial charge in [-0.05, 0) is 56.5 Å². The van der Waals surface area contributed by atoms with Gasteiger partial charge in [0.05, 0.1) is 5.25 Å². The van der Waals surface area contributed by atoms with Crippen molar-refractivity contribution in [2.45, 2.75) is 38.9 Å². The summed E-state index contributed by atoms with van der Waals surface area (Å²) in [6.07, 6.45) is 0. The second kappa shape index (κ2) is 9.71. The zero-order valence-corrected chi connectivity index (χ0v) is 17.5. The Labute approximate surface area is 167 Å². The van der Waals surface area contributed by atoms with E-state index < -0.39 is 15.3 Å².